The quantitative estimate of drug-likeness (QED) is 0.839. The molecule has 0 radical (unpaired) electrons. The van der Waals surface area contributed by atoms with Gasteiger partial charge in [0.15, 0.2) is 5.82 Å². The standard InChI is InChI=1S/C13H19N5/c1-3-11(14-4-2)10-13-15-16-17-18(13)12-8-6-5-7-9-12/h5-9,11,14H,3-4,10H2,1-2H3. The number of aromatic nitrogens is 4. The van der Waals surface area contributed by atoms with Crippen molar-refractivity contribution in [3.05, 3.63) is 36.2 Å². The zero-order valence-corrected chi connectivity index (χ0v) is 10.9. The van der Waals surface area contributed by atoms with Crippen molar-refractivity contribution < 1.29 is 0 Å². The summed E-state index contributed by atoms with van der Waals surface area (Å²) in [5.74, 6) is 0.897. The largest absolute Gasteiger partial charge is 0.314 e. The molecular weight excluding hydrogens is 226 g/mol. The first kappa shape index (κ1) is 12.7. The van der Waals surface area contributed by atoms with Crippen LogP contribution in [0, 0.1) is 0 Å². The summed E-state index contributed by atoms with van der Waals surface area (Å²) in [5, 5.41) is 15.4. The van der Waals surface area contributed by atoms with Gasteiger partial charge in [0.25, 0.3) is 0 Å². The van der Waals surface area contributed by atoms with E-state index in [-0.39, 0.29) is 0 Å². The number of para-hydroxylation sites is 1. The first-order valence-electron chi connectivity index (χ1n) is 6.41. The third-order valence-corrected chi connectivity index (χ3v) is 2.95. The highest BCUT2D eigenvalue weighted by Gasteiger charge is 2.13. The average Bonchev–Trinajstić information content (AvgIpc) is 2.87. The molecule has 0 aliphatic heterocycles. The Labute approximate surface area is 107 Å². The van der Waals surface area contributed by atoms with Crippen molar-refractivity contribution in [2.45, 2.75) is 32.7 Å². The molecule has 1 aromatic heterocycles. The smallest absolute Gasteiger partial charge is 0.158 e. The van der Waals surface area contributed by atoms with E-state index in [9.17, 15) is 0 Å². The Kier molecular flexibility index (Phi) is 4.41. The van der Waals surface area contributed by atoms with Crippen LogP contribution in [-0.4, -0.2) is 32.8 Å². The number of hydrogen-bond donors (Lipinski definition) is 1. The molecule has 2 rings (SSSR count). The van der Waals surface area contributed by atoms with Crippen molar-refractivity contribution in [2.75, 3.05) is 6.54 Å². The normalized spacial score (nSPS) is 12.6. The molecule has 0 saturated heterocycles. The van der Waals surface area contributed by atoms with E-state index in [2.05, 4.69) is 34.7 Å². The van der Waals surface area contributed by atoms with E-state index in [1.807, 2.05) is 30.3 Å². The lowest BCUT2D eigenvalue weighted by Gasteiger charge is -2.14. The summed E-state index contributed by atoms with van der Waals surface area (Å²) in [6.45, 7) is 5.25. The number of tetrazole rings is 1. The SMILES string of the molecule is CCNC(CC)Cc1nnnn1-c1ccccc1. The topological polar surface area (TPSA) is 55.6 Å². The highest BCUT2D eigenvalue weighted by Crippen LogP contribution is 2.09. The number of nitrogens with one attached hydrogen (secondary N) is 1. The van der Waals surface area contributed by atoms with E-state index < -0.39 is 0 Å². The molecule has 0 fully saturated rings. The molecule has 0 aliphatic rings. The molecule has 5 nitrogen and oxygen atoms in total. The van der Waals surface area contributed by atoms with E-state index >= 15 is 0 Å². The number of nitrogens with zero attached hydrogens (tertiary/aromatic N) is 4. The summed E-state index contributed by atoms with van der Waals surface area (Å²) in [6, 6.07) is 10.4. The third-order valence-electron chi connectivity index (χ3n) is 2.95. The van der Waals surface area contributed by atoms with Crippen LogP contribution >= 0.6 is 0 Å². The van der Waals surface area contributed by atoms with Crippen LogP contribution in [0.5, 0.6) is 0 Å². The minimum absolute atomic E-state index is 0.420. The second-order valence-electron chi connectivity index (χ2n) is 4.21. The van der Waals surface area contributed by atoms with Gasteiger partial charge < -0.3 is 5.32 Å². The predicted octanol–water partition coefficient (Wildman–Crippen LogP) is 1.59. The van der Waals surface area contributed by atoms with Gasteiger partial charge in [-0.3, -0.25) is 0 Å². The number of rotatable bonds is 6. The Hall–Kier alpha value is -1.75. The fourth-order valence-electron chi connectivity index (χ4n) is 1.97. The fourth-order valence-corrected chi connectivity index (χ4v) is 1.97. The summed E-state index contributed by atoms with van der Waals surface area (Å²) in [4.78, 5) is 0. The number of hydrogen-bond acceptors (Lipinski definition) is 4. The maximum Gasteiger partial charge on any atom is 0.158 e. The Bertz CT molecular complexity index is 465. The van der Waals surface area contributed by atoms with Crippen molar-refractivity contribution >= 4 is 0 Å². The van der Waals surface area contributed by atoms with Gasteiger partial charge in [0.1, 0.15) is 0 Å². The van der Waals surface area contributed by atoms with E-state index in [0.29, 0.717) is 6.04 Å². The molecule has 1 unspecified atom stereocenters. The molecule has 1 heterocycles. The molecule has 0 spiro atoms. The maximum absolute atomic E-state index is 4.12. The van der Waals surface area contributed by atoms with Crippen LogP contribution in [0.3, 0.4) is 0 Å². The number of likely N-dealkylation sites (N-methyl/N-ethyl adjacent to an activating group) is 1. The van der Waals surface area contributed by atoms with Crippen LogP contribution in [0.2, 0.25) is 0 Å². The van der Waals surface area contributed by atoms with Gasteiger partial charge in [-0.1, -0.05) is 32.0 Å². The van der Waals surface area contributed by atoms with Crippen molar-refractivity contribution in [3.63, 3.8) is 0 Å². The molecule has 96 valence electrons. The van der Waals surface area contributed by atoms with Gasteiger partial charge in [-0.2, -0.15) is 4.68 Å². The fraction of sp³-hybridized carbons (Fsp3) is 0.462. The molecule has 1 N–H and O–H groups in total. The van der Waals surface area contributed by atoms with Crippen molar-refractivity contribution in [2.24, 2.45) is 0 Å². The van der Waals surface area contributed by atoms with Crippen molar-refractivity contribution in [1.29, 1.82) is 0 Å². The third kappa shape index (κ3) is 2.92. The summed E-state index contributed by atoms with van der Waals surface area (Å²) in [7, 11) is 0. The molecule has 0 bridgehead atoms. The second-order valence-corrected chi connectivity index (χ2v) is 4.21. The van der Waals surface area contributed by atoms with Crippen molar-refractivity contribution in [3.8, 4) is 5.69 Å². The van der Waals surface area contributed by atoms with Crippen LogP contribution in [0.4, 0.5) is 0 Å². The first-order valence-corrected chi connectivity index (χ1v) is 6.41. The lowest BCUT2D eigenvalue weighted by atomic mass is 10.1. The van der Waals surface area contributed by atoms with Crippen LogP contribution in [-0.2, 0) is 6.42 Å². The Morgan fingerprint density at radius 1 is 1.22 bits per heavy atom. The molecular formula is C13H19N5. The van der Waals surface area contributed by atoms with Gasteiger partial charge >= 0.3 is 0 Å². The van der Waals surface area contributed by atoms with Crippen LogP contribution < -0.4 is 5.32 Å². The molecule has 2 aromatic rings. The Balaban J connectivity index is 2.18. The van der Waals surface area contributed by atoms with E-state index in [1.165, 1.54) is 0 Å². The summed E-state index contributed by atoms with van der Waals surface area (Å²) in [6.07, 6.45) is 1.90. The summed E-state index contributed by atoms with van der Waals surface area (Å²) in [5.41, 5.74) is 1.00. The Morgan fingerprint density at radius 3 is 2.67 bits per heavy atom. The van der Waals surface area contributed by atoms with Gasteiger partial charge in [0.05, 0.1) is 5.69 Å². The Morgan fingerprint density at radius 2 is 2.00 bits per heavy atom. The molecule has 1 atom stereocenters. The first-order chi connectivity index (χ1) is 8.85. The minimum Gasteiger partial charge on any atom is -0.314 e. The zero-order valence-electron chi connectivity index (χ0n) is 10.9. The molecule has 5 heteroatoms. The van der Waals surface area contributed by atoms with Crippen LogP contribution in [0.15, 0.2) is 30.3 Å². The summed E-state index contributed by atoms with van der Waals surface area (Å²) < 4.78 is 1.81. The zero-order chi connectivity index (χ0) is 12.8. The second kappa shape index (κ2) is 6.26. The lowest BCUT2D eigenvalue weighted by Crippen LogP contribution is -2.31. The predicted molar refractivity (Wildman–Crippen MR) is 70.6 cm³/mol. The van der Waals surface area contributed by atoms with Gasteiger partial charge in [-0.15, -0.1) is 5.10 Å². The average molecular weight is 245 g/mol. The lowest BCUT2D eigenvalue weighted by molar-refractivity contribution is 0.495. The number of benzene rings is 1. The molecule has 18 heavy (non-hydrogen) atoms. The molecule has 0 aliphatic carbocycles. The molecule has 1 aromatic carbocycles. The van der Waals surface area contributed by atoms with Gasteiger partial charge in [0.2, 0.25) is 0 Å². The van der Waals surface area contributed by atoms with Crippen LogP contribution in [0.25, 0.3) is 5.69 Å². The van der Waals surface area contributed by atoms with Crippen LogP contribution in [0.1, 0.15) is 26.1 Å². The molecule has 0 amide bonds. The highest BCUT2D eigenvalue weighted by molar-refractivity contribution is 5.30. The van der Waals surface area contributed by atoms with Gasteiger partial charge in [-0.05, 0) is 35.5 Å². The van der Waals surface area contributed by atoms with E-state index in [1.54, 1.807) is 4.68 Å². The highest BCUT2D eigenvalue weighted by atomic mass is 15.5. The van der Waals surface area contributed by atoms with Gasteiger partial charge in [0, 0.05) is 12.5 Å². The maximum atomic E-state index is 4.12. The molecule has 0 saturated carbocycles. The van der Waals surface area contributed by atoms with E-state index in [0.717, 1.165) is 30.9 Å². The summed E-state index contributed by atoms with van der Waals surface area (Å²) >= 11 is 0. The van der Waals surface area contributed by atoms with E-state index in [4.69, 9.17) is 0 Å². The van der Waals surface area contributed by atoms with Crippen molar-refractivity contribution in [1.82, 2.24) is 25.5 Å². The minimum atomic E-state index is 0.420. The van der Waals surface area contributed by atoms with Gasteiger partial charge in [-0.25, -0.2) is 0 Å². The monoisotopic (exact) mass is 245 g/mol.